The molecule has 17 heavy (non-hydrogen) atoms. The van der Waals surface area contributed by atoms with E-state index in [0.29, 0.717) is 0 Å². The molecule has 1 fully saturated rings. The molecule has 104 valence electrons. The molecule has 0 aromatic carbocycles. The van der Waals surface area contributed by atoms with Crippen LogP contribution in [0.4, 0.5) is 0 Å². The Morgan fingerprint density at radius 1 is 0.882 bits per heavy atom. The van der Waals surface area contributed by atoms with E-state index in [1.165, 1.54) is 0 Å². The summed E-state index contributed by atoms with van der Waals surface area (Å²) >= 11 is 0. The average molecular weight is 277 g/mol. The minimum atomic E-state index is -5.26. The standard InChI is InChI=1S/C6H13O9P.H3N/c7-1-2(8)4(10)6(5(11)3(1)9)15-16(12,13)14;/h1-11H,(H2,12,13,14);1H3/t1?,2-,3-,4-,5+,6?;/m0./s1. The van der Waals surface area contributed by atoms with Gasteiger partial charge < -0.3 is 46.0 Å². The summed E-state index contributed by atoms with van der Waals surface area (Å²) in [6, 6.07) is 0. The molecule has 0 radical (unpaired) electrons. The van der Waals surface area contributed by atoms with E-state index < -0.39 is 44.4 Å². The predicted molar refractivity (Wildman–Crippen MR) is 50.7 cm³/mol. The SMILES string of the molecule is O=P([O-])(O)OC1[C@@H](O)[C@@H](O)C(O)[C@H](O)[C@H]1O.[NH4+]. The van der Waals surface area contributed by atoms with E-state index >= 15 is 0 Å². The van der Waals surface area contributed by atoms with Crippen LogP contribution in [0.15, 0.2) is 0 Å². The Hall–Kier alpha value is -0.130. The van der Waals surface area contributed by atoms with Crippen molar-refractivity contribution in [3.8, 4) is 0 Å². The summed E-state index contributed by atoms with van der Waals surface area (Å²) < 4.78 is 14.3. The largest absolute Gasteiger partial charge is 0.756 e. The zero-order chi connectivity index (χ0) is 12.7. The summed E-state index contributed by atoms with van der Waals surface area (Å²) in [6.45, 7) is 0. The fourth-order valence-electron chi connectivity index (χ4n) is 1.48. The van der Waals surface area contributed by atoms with Crippen molar-refractivity contribution in [2.45, 2.75) is 36.6 Å². The maximum Gasteiger partial charge on any atom is 0.265 e. The lowest BCUT2D eigenvalue weighted by atomic mass is 9.85. The second kappa shape index (κ2) is 5.67. The molecule has 3 unspecified atom stereocenters. The smallest absolute Gasteiger partial charge is 0.265 e. The van der Waals surface area contributed by atoms with Gasteiger partial charge in [0.05, 0.1) is 0 Å². The van der Waals surface area contributed by atoms with E-state index in [1.807, 2.05) is 0 Å². The molecule has 1 aliphatic rings. The number of hydrogen-bond donors (Lipinski definition) is 7. The molecule has 1 rings (SSSR count). The number of hydrogen-bond acceptors (Lipinski definition) is 8. The minimum absolute atomic E-state index is 0. The molecule has 10 nitrogen and oxygen atoms in total. The van der Waals surface area contributed by atoms with E-state index in [-0.39, 0.29) is 6.15 Å². The van der Waals surface area contributed by atoms with Gasteiger partial charge in [0.15, 0.2) is 0 Å². The number of quaternary nitrogens is 1. The van der Waals surface area contributed by atoms with E-state index in [4.69, 9.17) is 10.00 Å². The second-order valence-electron chi connectivity index (χ2n) is 3.49. The van der Waals surface area contributed by atoms with Crippen molar-refractivity contribution < 1.29 is 44.4 Å². The molecule has 0 aromatic rings. The van der Waals surface area contributed by atoms with Crippen LogP contribution >= 0.6 is 7.82 Å². The number of phosphoric ester groups is 1. The van der Waals surface area contributed by atoms with E-state index in [0.717, 1.165) is 0 Å². The van der Waals surface area contributed by atoms with Gasteiger partial charge >= 0.3 is 0 Å². The molecule has 0 heterocycles. The van der Waals surface area contributed by atoms with Crippen molar-refractivity contribution in [2.24, 2.45) is 0 Å². The quantitative estimate of drug-likeness (QED) is 0.245. The number of aliphatic hydroxyl groups excluding tert-OH is 5. The highest BCUT2D eigenvalue weighted by molar-refractivity contribution is 7.44. The van der Waals surface area contributed by atoms with E-state index in [2.05, 4.69) is 4.52 Å². The fourth-order valence-corrected chi connectivity index (χ4v) is 2.03. The zero-order valence-corrected chi connectivity index (χ0v) is 9.71. The summed E-state index contributed by atoms with van der Waals surface area (Å²) in [5.74, 6) is 0. The van der Waals surface area contributed by atoms with Crippen molar-refractivity contribution in [3.63, 3.8) is 0 Å². The maximum atomic E-state index is 10.4. The summed E-state index contributed by atoms with van der Waals surface area (Å²) in [6.07, 6.45) is -11.6. The minimum Gasteiger partial charge on any atom is -0.756 e. The monoisotopic (exact) mass is 277 g/mol. The fraction of sp³-hybridized carbons (Fsp3) is 1.00. The molecule has 11 heteroatoms. The first kappa shape index (κ1) is 16.9. The van der Waals surface area contributed by atoms with Crippen molar-refractivity contribution >= 4 is 7.82 Å². The van der Waals surface area contributed by atoms with Gasteiger partial charge in [0.2, 0.25) is 0 Å². The van der Waals surface area contributed by atoms with Crippen LogP contribution < -0.4 is 11.0 Å². The average Bonchev–Trinajstić information content (AvgIpc) is 2.17. The van der Waals surface area contributed by atoms with Gasteiger partial charge in [-0.2, -0.15) is 0 Å². The van der Waals surface area contributed by atoms with Gasteiger partial charge in [0, 0.05) is 0 Å². The van der Waals surface area contributed by atoms with Crippen molar-refractivity contribution in [2.75, 3.05) is 0 Å². The first-order valence-corrected chi connectivity index (χ1v) is 5.77. The maximum absolute atomic E-state index is 10.4. The number of phosphoric acid groups is 1. The highest BCUT2D eigenvalue weighted by Gasteiger charge is 2.49. The van der Waals surface area contributed by atoms with Crippen LogP contribution in [0.25, 0.3) is 0 Å². The summed E-state index contributed by atoms with van der Waals surface area (Å²) in [5.41, 5.74) is 0. The van der Waals surface area contributed by atoms with Gasteiger partial charge in [0.1, 0.15) is 36.6 Å². The lowest BCUT2D eigenvalue weighted by Gasteiger charge is -2.42. The molecule has 0 amide bonds. The predicted octanol–water partition coefficient (Wildman–Crippen LogP) is -3.97. The molecule has 10 N–H and O–H groups in total. The Labute approximate surface area is 95.9 Å². The first-order valence-electron chi connectivity index (χ1n) is 4.27. The van der Waals surface area contributed by atoms with E-state index in [9.17, 15) is 29.9 Å². The van der Waals surface area contributed by atoms with Crippen LogP contribution in [-0.2, 0) is 9.09 Å². The molecule has 0 aliphatic heterocycles. The normalized spacial score (nSPS) is 45.8. The van der Waals surface area contributed by atoms with Gasteiger partial charge in [-0.15, -0.1) is 0 Å². The molecule has 0 saturated heterocycles. The molecule has 0 aromatic heterocycles. The molecular formula is C6H16NO9P. The topological polar surface area (TPSA) is 207 Å². The van der Waals surface area contributed by atoms with Crippen LogP contribution in [0.1, 0.15) is 0 Å². The van der Waals surface area contributed by atoms with Gasteiger partial charge in [-0.05, 0) is 0 Å². The molecule has 0 bridgehead atoms. The van der Waals surface area contributed by atoms with E-state index in [1.54, 1.807) is 0 Å². The number of aliphatic hydroxyl groups is 5. The number of rotatable bonds is 2. The van der Waals surface area contributed by atoms with Crippen LogP contribution in [0.2, 0.25) is 0 Å². The summed E-state index contributed by atoms with van der Waals surface area (Å²) in [4.78, 5) is 18.8. The Morgan fingerprint density at radius 3 is 1.47 bits per heavy atom. The van der Waals surface area contributed by atoms with Crippen LogP contribution in [0, 0.1) is 0 Å². The van der Waals surface area contributed by atoms with Crippen molar-refractivity contribution in [1.29, 1.82) is 0 Å². The Kier molecular flexibility index (Phi) is 5.63. The van der Waals surface area contributed by atoms with Crippen molar-refractivity contribution in [1.82, 2.24) is 6.15 Å². The molecular weight excluding hydrogens is 261 g/mol. The van der Waals surface area contributed by atoms with Gasteiger partial charge in [-0.3, -0.25) is 4.57 Å². The lowest BCUT2D eigenvalue weighted by molar-refractivity contribution is -0.257. The van der Waals surface area contributed by atoms with Crippen molar-refractivity contribution in [3.05, 3.63) is 0 Å². The first-order chi connectivity index (χ1) is 7.15. The molecule has 0 spiro atoms. The molecule has 7 atom stereocenters. The van der Waals surface area contributed by atoms with Crippen LogP contribution in [-0.4, -0.2) is 67.0 Å². The zero-order valence-electron chi connectivity index (χ0n) is 8.82. The Balaban J connectivity index is 0.00000256. The Bertz CT molecular complexity index is 279. The highest BCUT2D eigenvalue weighted by Crippen LogP contribution is 2.37. The summed E-state index contributed by atoms with van der Waals surface area (Å²) in [7, 11) is -5.26. The third-order valence-electron chi connectivity index (χ3n) is 2.33. The molecule has 1 saturated carbocycles. The molecule has 1 aliphatic carbocycles. The highest BCUT2D eigenvalue weighted by atomic mass is 31.2. The third kappa shape index (κ3) is 3.66. The Morgan fingerprint density at radius 2 is 1.18 bits per heavy atom. The van der Waals surface area contributed by atoms with Crippen LogP contribution in [0.3, 0.4) is 0 Å². The lowest BCUT2D eigenvalue weighted by Crippen LogP contribution is -2.64. The summed E-state index contributed by atoms with van der Waals surface area (Å²) in [5, 5.41) is 46.0. The van der Waals surface area contributed by atoms with Gasteiger partial charge in [0.25, 0.3) is 7.82 Å². The third-order valence-corrected chi connectivity index (χ3v) is 2.84. The van der Waals surface area contributed by atoms with Gasteiger partial charge in [-0.25, -0.2) is 0 Å². The second-order valence-corrected chi connectivity index (χ2v) is 4.64. The van der Waals surface area contributed by atoms with Crippen LogP contribution in [0.5, 0.6) is 0 Å². The van der Waals surface area contributed by atoms with Gasteiger partial charge in [-0.1, -0.05) is 0 Å².